The molecule has 0 radical (unpaired) electrons. The van der Waals surface area contributed by atoms with Crippen molar-refractivity contribution in [2.75, 3.05) is 5.73 Å². The number of anilines is 1. The number of hydrogen-bond acceptors (Lipinski definition) is 4. The van der Waals surface area contributed by atoms with Crippen LogP contribution in [0.4, 0.5) is 5.69 Å². The lowest BCUT2D eigenvalue weighted by Gasteiger charge is -2.07. The summed E-state index contributed by atoms with van der Waals surface area (Å²) < 4.78 is 6.95. The van der Waals surface area contributed by atoms with Gasteiger partial charge in [0.2, 0.25) is 0 Å². The second-order valence-corrected chi connectivity index (χ2v) is 5.21. The first kappa shape index (κ1) is 15.4. The van der Waals surface area contributed by atoms with E-state index in [-0.39, 0.29) is 6.61 Å². The Morgan fingerprint density at radius 1 is 1.48 bits per heavy atom. The van der Waals surface area contributed by atoms with E-state index in [9.17, 15) is 4.79 Å². The zero-order valence-electron chi connectivity index (χ0n) is 12.3. The molecule has 0 aliphatic rings. The minimum atomic E-state index is -0.409. The fraction of sp³-hybridized carbons (Fsp3) is 0.333. The Bertz CT molecular complexity index is 680. The van der Waals surface area contributed by atoms with Crippen LogP contribution in [0, 0.1) is 6.92 Å². The first-order chi connectivity index (χ1) is 9.93. The van der Waals surface area contributed by atoms with Crippen molar-refractivity contribution in [2.24, 2.45) is 7.05 Å². The summed E-state index contributed by atoms with van der Waals surface area (Å²) >= 11 is 6.21. The van der Waals surface area contributed by atoms with Crippen molar-refractivity contribution in [1.82, 2.24) is 9.78 Å². The molecule has 2 rings (SSSR count). The van der Waals surface area contributed by atoms with E-state index < -0.39 is 5.97 Å². The largest absolute Gasteiger partial charge is 0.456 e. The average Bonchev–Trinajstić information content (AvgIpc) is 2.73. The molecule has 6 heteroatoms. The molecule has 0 aliphatic carbocycles. The quantitative estimate of drug-likeness (QED) is 0.696. The Morgan fingerprint density at radius 3 is 2.76 bits per heavy atom. The van der Waals surface area contributed by atoms with E-state index in [0.717, 1.165) is 17.7 Å². The summed E-state index contributed by atoms with van der Waals surface area (Å²) in [6.07, 6.45) is 0.734. The van der Waals surface area contributed by atoms with Crippen molar-refractivity contribution in [3.05, 3.63) is 45.7 Å². The third-order valence-electron chi connectivity index (χ3n) is 3.35. The third kappa shape index (κ3) is 3.19. The molecule has 21 heavy (non-hydrogen) atoms. The molecule has 112 valence electrons. The topological polar surface area (TPSA) is 70.1 Å². The highest BCUT2D eigenvalue weighted by atomic mass is 35.5. The van der Waals surface area contributed by atoms with Crippen molar-refractivity contribution in [3.63, 3.8) is 0 Å². The number of esters is 1. The number of carbonyl (C=O) groups is 1. The molecule has 0 saturated carbocycles. The molecule has 0 saturated heterocycles. The van der Waals surface area contributed by atoms with E-state index in [1.165, 1.54) is 0 Å². The molecular formula is C15H18ClN3O2. The Morgan fingerprint density at radius 2 is 2.19 bits per heavy atom. The van der Waals surface area contributed by atoms with Crippen molar-refractivity contribution in [3.8, 4) is 0 Å². The van der Waals surface area contributed by atoms with Gasteiger partial charge < -0.3 is 10.5 Å². The number of rotatable bonds is 4. The van der Waals surface area contributed by atoms with Crippen LogP contribution in [-0.2, 0) is 24.8 Å². The van der Waals surface area contributed by atoms with E-state index in [1.807, 2.05) is 13.8 Å². The average molecular weight is 308 g/mol. The van der Waals surface area contributed by atoms with Crippen molar-refractivity contribution >= 4 is 23.3 Å². The van der Waals surface area contributed by atoms with Gasteiger partial charge in [0.15, 0.2) is 0 Å². The standard InChI is InChI=1S/C15H18ClN3O2/c1-4-12-14(16)13(19(3)18-12)8-21-15(20)10-5-6-11(17)9(2)7-10/h5-7H,4,8,17H2,1-3H3. The zero-order chi connectivity index (χ0) is 15.6. The van der Waals surface area contributed by atoms with Gasteiger partial charge in [-0.25, -0.2) is 4.79 Å². The van der Waals surface area contributed by atoms with E-state index in [1.54, 1.807) is 29.9 Å². The molecule has 1 aromatic carbocycles. The van der Waals surface area contributed by atoms with Crippen LogP contribution >= 0.6 is 11.6 Å². The summed E-state index contributed by atoms with van der Waals surface area (Å²) in [5.74, 6) is -0.409. The lowest BCUT2D eigenvalue weighted by atomic mass is 10.1. The highest BCUT2D eigenvalue weighted by Gasteiger charge is 2.15. The number of ether oxygens (including phenoxy) is 1. The van der Waals surface area contributed by atoms with Gasteiger partial charge in [0.1, 0.15) is 6.61 Å². The van der Waals surface area contributed by atoms with Crippen molar-refractivity contribution < 1.29 is 9.53 Å². The second kappa shape index (κ2) is 6.18. The molecule has 0 fully saturated rings. The minimum absolute atomic E-state index is 0.0879. The molecule has 0 aliphatic heterocycles. The Labute approximate surface area is 128 Å². The number of aromatic nitrogens is 2. The van der Waals surface area contributed by atoms with Crippen LogP contribution < -0.4 is 5.73 Å². The van der Waals surface area contributed by atoms with E-state index in [4.69, 9.17) is 22.1 Å². The van der Waals surface area contributed by atoms with Crippen LogP contribution in [0.3, 0.4) is 0 Å². The maximum atomic E-state index is 12.0. The normalized spacial score (nSPS) is 10.7. The SMILES string of the molecule is CCc1nn(C)c(COC(=O)c2ccc(N)c(C)c2)c1Cl. The number of nitrogen functional groups attached to an aromatic ring is 1. The van der Waals surface area contributed by atoms with Gasteiger partial charge in [-0.2, -0.15) is 5.10 Å². The predicted octanol–water partition coefficient (Wildman–Crippen LogP) is 2.88. The monoisotopic (exact) mass is 307 g/mol. The maximum absolute atomic E-state index is 12.0. The Kier molecular flexibility index (Phi) is 4.53. The number of nitrogens with zero attached hydrogens (tertiary/aromatic N) is 2. The predicted molar refractivity (Wildman–Crippen MR) is 82.3 cm³/mol. The van der Waals surface area contributed by atoms with Crippen molar-refractivity contribution in [2.45, 2.75) is 26.9 Å². The second-order valence-electron chi connectivity index (χ2n) is 4.83. The highest BCUT2D eigenvalue weighted by molar-refractivity contribution is 6.31. The van der Waals surface area contributed by atoms with E-state index >= 15 is 0 Å². The summed E-state index contributed by atoms with van der Waals surface area (Å²) in [6, 6.07) is 5.05. The number of halogens is 1. The molecule has 1 heterocycles. The van der Waals surface area contributed by atoms with Crippen LogP contribution in [0.5, 0.6) is 0 Å². The van der Waals surface area contributed by atoms with Gasteiger partial charge in [0.05, 0.1) is 22.0 Å². The molecule has 2 aromatic rings. The summed E-state index contributed by atoms with van der Waals surface area (Å²) in [4.78, 5) is 12.0. The number of benzene rings is 1. The first-order valence-electron chi connectivity index (χ1n) is 6.67. The lowest BCUT2D eigenvalue weighted by Crippen LogP contribution is -2.09. The van der Waals surface area contributed by atoms with E-state index in [2.05, 4.69) is 5.10 Å². The molecule has 0 bridgehead atoms. The minimum Gasteiger partial charge on any atom is -0.456 e. The van der Waals surface area contributed by atoms with Gasteiger partial charge in [-0.15, -0.1) is 0 Å². The number of hydrogen-bond donors (Lipinski definition) is 1. The summed E-state index contributed by atoms with van der Waals surface area (Å²) in [5, 5.41) is 4.84. The molecule has 0 unspecified atom stereocenters. The molecule has 2 N–H and O–H groups in total. The van der Waals surface area contributed by atoms with Gasteiger partial charge in [-0.3, -0.25) is 4.68 Å². The van der Waals surface area contributed by atoms with Crippen LogP contribution in [0.2, 0.25) is 5.02 Å². The molecule has 0 spiro atoms. The van der Waals surface area contributed by atoms with E-state index in [0.29, 0.717) is 22.0 Å². The molecule has 5 nitrogen and oxygen atoms in total. The van der Waals surface area contributed by atoms with Crippen LogP contribution in [0.15, 0.2) is 18.2 Å². The van der Waals surface area contributed by atoms with Gasteiger partial charge >= 0.3 is 5.97 Å². The van der Waals surface area contributed by atoms with Crippen LogP contribution in [0.25, 0.3) is 0 Å². The fourth-order valence-corrected chi connectivity index (χ4v) is 2.34. The Hall–Kier alpha value is -2.01. The summed E-state index contributed by atoms with van der Waals surface area (Å²) in [7, 11) is 1.78. The Balaban J connectivity index is 2.11. The first-order valence-corrected chi connectivity index (χ1v) is 7.05. The van der Waals surface area contributed by atoms with Gasteiger partial charge in [0.25, 0.3) is 0 Å². The molecule has 0 atom stereocenters. The van der Waals surface area contributed by atoms with Crippen molar-refractivity contribution in [1.29, 1.82) is 0 Å². The lowest BCUT2D eigenvalue weighted by molar-refractivity contribution is 0.0463. The molecule has 0 amide bonds. The number of carbonyl (C=O) groups excluding carboxylic acids is 1. The third-order valence-corrected chi connectivity index (χ3v) is 3.78. The highest BCUT2D eigenvalue weighted by Crippen LogP contribution is 2.22. The number of nitrogens with two attached hydrogens (primary N) is 1. The smallest absolute Gasteiger partial charge is 0.338 e. The van der Waals surface area contributed by atoms with Gasteiger partial charge in [0, 0.05) is 12.7 Å². The zero-order valence-corrected chi connectivity index (χ0v) is 13.1. The van der Waals surface area contributed by atoms with Crippen LogP contribution in [-0.4, -0.2) is 15.7 Å². The fourth-order valence-electron chi connectivity index (χ4n) is 2.00. The summed E-state index contributed by atoms with van der Waals surface area (Å²) in [6.45, 7) is 3.91. The van der Waals surface area contributed by atoms with Gasteiger partial charge in [-0.1, -0.05) is 18.5 Å². The number of aryl methyl sites for hydroxylation is 3. The molecular weight excluding hydrogens is 290 g/mol. The molecule has 1 aromatic heterocycles. The summed E-state index contributed by atoms with van der Waals surface area (Å²) in [5.41, 5.74) is 9.18. The van der Waals surface area contributed by atoms with Crippen LogP contribution in [0.1, 0.15) is 34.2 Å². The van der Waals surface area contributed by atoms with Gasteiger partial charge in [-0.05, 0) is 37.1 Å². The maximum Gasteiger partial charge on any atom is 0.338 e.